The second-order valence-electron chi connectivity index (χ2n) is 4.53. The molecule has 1 aliphatic carbocycles. The molecular formula is C11H22N2O2. The molecule has 0 aromatic carbocycles. The first-order valence-corrected chi connectivity index (χ1v) is 5.73. The predicted molar refractivity (Wildman–Crippen MR) is 60.0 cm³/mol. The minimum atomic E-state index is -0.739. The fraction of sp³-hybridized carbons (Fsp3) is 0.909. The summed E-state index contributed by atoms with van der Waals surface area (Å²) in [5.74, 6) is -0.739. The van der Waals surface area contributed by atoms with Gasteiger partial charge < -0.3 is 15.3 Å². The van der Waals surface area contributed by atoms with Crippen LogP contribution in [-0.2, 0) is 4.79 Å². The molecule has 0 amide bonds. The molecule has 0 saturated heterocycles. The van der Waals surface area contributed by atoms with Gasteiger partial charge in [-0.25, -0.2) is 0 Å². The van der Waals surface area contributed by atoms with Crippen LogP contribution in [0.15, 0.2) is 0 Å². The van der Waals surface area contributed by atoms with Crippen LogP contribution in [0.25, 0.3) is 0 Å². The third kappa shape index (κ3) is 4.18. The Morgan fingerprint density at radius 2 is 2.20 bits per heavy atom. The topological polar surface area (TPSA) is 52.6 Å². The van der Waals surface area contributed by atoms with Gasteiger partial charge in [0.2, 0.25) is 0 Å². The quantitative estimate of drug-likeness (QED) is 0.662. The number of aliphatic carboxylic acids is 1. The van der Waals surface area contributed by atoms with Crippen LogP contribution in [0.4, 0.5) is 0 Å². The molecule has 0 aromatic heterocycles. The second-order valence-corrected chi connectivity index (χ2v) is 4.53. The number of hydrogen-bond donors (Lipinski definition) is 2. The van der Waals surface area contributed by atoms with E-state index in [0.717, 1.165) is 19.3 Å². The Bertz CT molecular complexity index is 217. The third-order valence-corrected chi connectivity index (χ3v) is 3.13. The molecule has 0 radical (unpaired) electrons. The SMILES string of the molecule is CCC(C)N(C)CC(NC1CC1)C(=O)O. The highest BCUT2D eigenvalue weighted by Crippen LogP contribution is 2.19. The number of rotatable bonds is 7. The van der Waals surface area contributed by atoms with Crippen LogP contribution in [0.2, 0.25) is 0 Å². The average molecular weight is 214 g/mol. The summed E-state index contributed by atoms with van der Waals surface area (Å²) in [7, 11) is 1.98. The summed E-state index contributed by atoms with van der Waals surface area (Å²) >= 11 is 0. The molecule has 15 heavy (non-hydrogen) atoms. The van der Waals surface area contributed by atoms with Gasteiger partial charge in [0.1, 0.15) is 6.04 Å². The van der Waals surface area contributed by atoms with E-state index in [1.165, 1.54) is 0 Å². The van der Waals surface area contributed by atoms with E-state index in [0.29, 0.717) is 18.6 Å². The van der Waals surface area contributed by atoms with Gasteiger partial charge in [0.05, 0.1) is 0 Å². The van der Waals surface area contributed by atoms with Crippen molar-refractivity contribution in [3.05, 3.63) is 0 Å². The molecule has 88 valence electrons. The molecule has 1 saturated carbocycles. The zero-order valence-electron chi connectivity index (χ0n) is 9.86. The molecule has 2 N–H and O–H groups in total. The van der Waals surface area contributed by atoms with E-state index in [9.17, 15) is 4.79 Å². The van der Waals surface area contributed by atoms with Crippen molar-refractivity contribution < 1.29 is 9.90 Å². The Morgan fingerprint density at radius 1 is 1.60 bits per heavy atom. The van der Waals surface area contributed by atoms with Crippen LogP contribution >= 0.6 is 0 Å². The van der Waals surface area contributed by atoms with Gasteiger partial charge in [0, 0.05) is 18.6 Å². The smallest absolute Gasteiger partial charge is 0.322 e. The van der Waals surface area contributed by atoms with Gasteiger partial charge >= 0.3 is 5.97 Å². The normalized spacial score (nSPS) is 20.3. The van der Waals surface area contributed by atoms with Crippen LogP contribution in [0.3, 0.4) is 0 Å². The molecule has 1 rings (SSSR count). The highest BCUT2D eigenvalue weighted by Gasteiger charge is 2.29. The molecule has 0 aromatic rings. The van der Waals surface area contributed by atoms with Crippen molar-refractivity contribution in [1.82, 2.24) is 10.2 Å². The van der Waals surface area contributed by atoms with E-state index in [1.54, 1.807) is 0 Å². The lowest BCUT2D eigenvalue weighted by molar-refractivity contribution is -0.140. The summed E-state index contributed by atoms with van der Waals surface area (Å²) in [6.07, 6.45) is 3.29. The standard InChI is InChI=1S/C11H22N2O2/c1-4-8(2)13(3)7-10(11(14)15)12-9-5-6-9/h8-10,12H,4-7H2,1-3H3,(H,14,15). The number of carboxylic acid groups (broad SMARTS) is 1. The molecule has 2 atom stereocenters. The van der Waals surface area contributed by atoms with Gasteiger partial charge in [-0.05, 0) is 33.2 Å². The summed E-state index contributed by atoms with van der Waals surface area (Å²) in [6.45, 7) is 4.82. The van der Waals surface area contributed by atoms with Crippen molar-refractivity contribution in [2.24, 2.45) is 0 Å². The Kier molecular flexibility index (Phi) is 4.54. The van der Waals surface area contributed by atoms with E-state index in [2.05, 4.69) is 24.1 Å². The summed E-state index contributed by atoms with van der Waals surface area (Å²) in [5.41, 5.74) is 0. The third-order valence-electron chi connectivity index (χ3n) is 3.13. The maximum absolute atomic E-state index is 11.0. The minimum Gasteiger partial charge on any atom is -0.480 e. The van der Waals surface area contributed by atoms with Crippen LogP contribution in [0.1, 0.15) is 33.1 Å². The summed E-state index contributed by atoms with van der Waals surface area (Å²) in [4.78, 5) is 13.1. The first-order valence-electron chi connectivity index (χ1n) is 5.73. The summed E-state index contributed by atoms with van der Waals surface area (Å²) in [5, 5.41) is 12.2. The zero-order chi connectivity index (χ0) is 11.4. The molecule has 0 bridgehead atoms. The molecular weight excluding hydrogens is 192 g/mol. The van der Waals surface area contributed by atoms with Crippen molar-refractivity contribution in [1.29, 1.82) is 0 Å². The second kappa shape index (κ2) is 5.47. The first-order chi connectivity index (χ1) is 7.04. The molecule has 0 aliphatic heterocycles. The lowest BCUT2D eigenvalue weighted by Gasteiger charge is -2.27. The lowest BCUT2D eigenvalue weighted by atomic mass is 10.2. The van der Waals surface area contributed by atoms with Gasteiger partial charge in [0.15, 0.2) is 0 Å². The van der Waals surface area contributed by atoms with E-state index >= 15 is 0 Å². The number of hydrogen-bond acceptors (Lipinski definition) is 3. The van der Waals surface area contributed by atoms with Crippen LogP contribution in [-0.4, -0.2) is 47.7 Å². The van der Waals surface area contributed by atoms with Crippen molar-refractivity contribution >= 4 is 5.97 Å². The maximum Gasteiger partial charge on any atom is 0.322 e. The average Bonchev–Trinajstić information content (AvgIpc) is 2.99. The molecule has 2 unspecified atom stereocenters. The number of carbonyl (C=O) groups is 1. The Balaban J connectivity index is 2.38. The molecule has 1 fully saturated rings. The van der Waals surface area contributed by atoms with Crippen LogP contribution < -0.4 is 5.32 Å². The van der Waals surface area contributed by atoms with Crippen molar-refractivity contribution in [3.63, 3.8) is 0 Å². The summed E-state index contributed by atoms with van der Waals surface area (Å²) < 4.78 is 0. The molecule has 4 nitrogen and oxygen atoms in total. The van der Waals surface area contributed by atoms with E-state index in [-0.39, 0.29) is 0 Å². The van der Waals surface area contributed by atoms with Gasteiger partial charge in [-0.1, -0.05) is 6.92 Å². The largest absolute Gasteiger partial charge is 0.480 e. The van der Waals surface area contributed by atoms with Gasteiger partial charge in [0.25, 0.3) is 0 Å². The number of carboxylic acids is 1. The number of nitrogens with one attached hydrogen (secondary N) is 1. The minimum absolute atomic E-state index is 0.420. The molecule has 4 heteroatoms. The lowest BCUT2D eigenvalue weighted by Crippen LogP contribution is -2.47. The van der Waals surface area contributed by atoms with E-state index < -0.39 is 12.0 Å². The fourth-order valence-electron chi connectivity index (χ4n) is 1.52. The van der Waals surface area contributed by atoms with Gasteiger partial charge in [-0.3, -0.25) is 4.79 Å². The maximum atomic E-state index is 11.0. The van der Waals surface area contributed by atoms with E-state index in [1.807, 2.05) is 7.05 Å². The summed E-state index contributed by atoms with van der Waals surface area (Å²) in [6, 6.07) is 0.459. The zero-order valence-corrected chi connectivity index (χ0v) is 9.86. The highest BCUT2D eigenvalue weighted by molar-refractivity contribution is 5.73. The van der Waals surface area contributed by atoms with Crippen LogP contribution in [0.5, 0.6) is 0 Å². The van der Waals surface area contributed by atoms with E-state index in [4.69, 9.17) is 5.11 Å². The van der Waals surface area contributed by atoms with Crippen molar-refractivity contribution in [2.45, 2.75) is 51.2 Å². The van der Waals surface area contributed by atoms with Gasteiger partial charge in [-0.15, -0.1) is 0 Å². The number of nitrogens with zero attached hydrogens (tertiary/aromatic N) is 1. The Labute approximate surface area is 91.6 Å². The Hall–Kier alpha value is -0.610. The van der Waals surface area contributed by atoms with Crippen LogP contribution in [0, 0.1) is 0 Å². The number of likely N-dealkylation sites (N-methyl/N-ethyl adjacent to an activating group) is 1. The molecule has 0 heterocycles. The Morgan fingerprint density at radius 3 is 2.60 bits per heavy atom. The fourth-order valence-corrected chi connectivity index (χ4v) is 1.52. The van der Waals surface area contributed by atoms with Crippen molar-refractivity contribution in [2.75, 3.05) is 13.6 Å². The molecule has 0 spiro atoms. The first kappa shape index (κ1) is 12.5. The van der Waals surface area contributed by atoms with Gasteiger partial charge in [-0.2, -0.15) is 0 Å². The highest BCUT2D eigenvalue weighted by atomic mass is 16.4. The molecule has 1 aliphatic rings. The predicted octanol–water partition coefficient (Wildman–Crippen LogP) is 0.922. The monoisotopic (exact) mass is 214 g/mol. The van der Waals surface area contributed by atoms with Crippen molar-refractivity contribution in [3.8, 4) is 0 Å².